The number of aliphatic hydroxyl groups excluding tert-OH is 1. The topological polar surface area (TPSA) is 70.7 Å². The van der Waals surface area contributed by atoms with Crippen LogP contribution in [0.1, 0.15) is 5.69 Å². The summed E-state index contributed by atoms with van der Waals surface area (Å²) in [6, 6.07) is 1.47. The highest BCUT2D eigenvalue weighted by Gasteiger charge is 2.06. The minimum atomic E-state index is -0.168. The number of likely N-dealkylation sites (N-methyl/N-ethyl adjacent to an activating group) is 1. The van der Waals surface area contributed by atoms with Crippen molar-refractivity contribution in [3.05, 3.63) is 27.6 Å². The van der Waals surface area contributed by atoms with Crippen LogP contribution in [0.15, 0.2) is 16.4 Å². The third-order valence-electron chi connectivity index (χ3n) is 2.15. The van der Waals surface area contributed by atoms with Crippen LogP contribution in [0.5, 0.6) is 0 Å². The molecule has 2 aromatic heterocycles. The van der Waals surface area contributed by atoms with Crippen LogP contribution < -0.4 is 5.56 Å². The van der Waals surface area contributed by atoms with Crippen molar-refractivity contribution in [3.8, 4) is 0 Å². The van der Waals surface area contributed by atoms with E-state index in [4.69, 9.17) is 5.11 Å². The van der Waals surface area contributed by atoms with E-state index in [1.807, 2.05) is 11.9 Å². The Kier molecular flexibility index (Phi) is 3.28. The van der Waals surface area contributed by atoms with E-state index in [9.17, 15) is 4.79 Å². The Bertz CT molecular complexity index is 536. The van der Waals surface area contributed by atoms with Crippen LogP contribution in [-0.4, -0.2) is 44.8 Å². The first-order chi connectivity index (χ1) is 7.70. The van der Waals surface area contributed by atoms with Crippen molar-refractivity contribution in [2.45, 2.75) is 6.54 Å². The number of aromatic nitrogens is 3. The molecule has 0 amide bonds. The maximum absolute atomic E-state index is 11.6. The summed E-state index contributed by atoms with van der Waals surface area (Å²) in [7, 11) is 1.87. The zero-order chi connectivity index (χ0) is 11.5. The molecule has 0 atom stereocenters. The molecule has 7 heteroatoms. The molecule has 1 N–H and O–H groups in total. The molecule has 0 radical (unpaired) electrons. The van der Waals surface area contributed by atoms with Crippen LogP contribution in [0.3, 0.4) is 0 Å². The van der Waals surface area contributed by atoms with Crippen LogP contribution in [0.25, 0.3) is 4.96 Å². The lowest BCUT2D eigenvalue weighted by molar-refractivity contribution is 0.216. The summed E-state index contributed by atoms with van der Waals surface area (Å²) in [5.41, 5.74) is 2.12. The number of aliphatic hydroxyl groups is 1. The van der Waals surface area contributed by atoms with Crippen molar-refractivity contribution in [2.75, 3.05) is 20.2 Å². The molecule has 0 aliphatic rings. The maximum Gasteiger partial charge on any atom is 0.275 e. The second-order valence-corrected chi connectivity index (χ2v) is 4.29. The molecule has 0 fully saturated rings. The summed E-state index contributed by atoms with van der Waals surface area (Å²) >= 11 is 1.33. The van der Waals surface area contributed by atoms with Gasteiger partial charge in [-0.1, -0.05) is 11.3 Å². The van der Waals surface area contributed by atoms with Crippen LogP contribution in [-0.2, 0) is 6.54 Å². The zero-order valence-electron chi connectivity index (χ0n) is 8.83. The van der Waals surface area contributed by atoms with E-state index in [2.05, 4.69) is 10.1 Å². The van der Waals surface area contributed by atoms with Gasteiger partial charge in [-0.25, -0.2) is 4.98 Å². The molecule has 2 rings (SSSR count). The molecule has 0 bridgehead atoms. The molecule has 0 saturated carbocycles. The van der Waals surface area contributed by atoms with E-state index < -0.39 is 0 Å². The van der Waals surface area contributed by atoms with Crippen molar-refractivity contribution in [3.63, 3.8) is 0 Å². The summed E-state index contributed by atoms with van der Waals surface area (Å²) in [5, 5.41) is 12.7. The van der Waals surface area contributed by atoms with Crippen LogP contribution in [0.2, 0.25) is 0 Å². The molecule has 6 nitrogen and oxygen atoms in total. The first kappa shape index (κ1) is 11.2. The fraction of sp³-hybridized carbons (Fsp3) is 0.444. The Labute approximate surface area is 95.8 Å². The predicted octanol–water partition coefficient (Wildman–Crippen LogP) is -0.425. The van der Waals surface area contributed by atoms with Gasteiger partial charge in [-0.3, -0.25) is 9.69 Å². The number of hydrogen-bond donors (Lipinski definition) is 1. The lowest BCUT2D eigenvalue weighted by atomic mass is 10.4. The molecule has 2 aromatic rings. The minimum absolute atomic E-state index is 0.0955. The average molecular weight is 240 g/mol. The van der Waals surface area contributed by atoms with Crippen molar-refractivity contribution >= 4 is 16.3 Å². The van der Waals surface area contributed by atoms with Gasteiger partial charge in [-0.2, -0.15) is 9.61 Å². The largest absolute Gasteiger partial charge is 0.395 e. The second kappa shape index (κ2) is 4.69. The smallest absolute Gasteiger partial charge is 0.275 e. The summed E-state index contributed by atoms with van der Waals surface area (Å²) < 4.78 is 1.28. The molecule has 0 aliphatic carbocycles. The SMILES string of the molecule is CN(CCO)Cc1cc(=O)n2ncsc2n1. The Hall–Kier alpha value is -1.31. The Morgan fingerprint density at radius 2 is 2.44 bits per heavy atom. The molecule has 0 saturated heterocycles. The van der Waals surface area contributed by atoms with E-state index in [0.717, 1.165) is 0 Å². The Morgan fingerprint density at radius 3 is 3.19 bits per heavy atom. The molecular formula is C9H12N4O2S. The highest BCUT2D eigenvalue weighted by Crippen LogP contribution is 2.05. The maximum atomic E-state index is 11.6. The van der Waals surface area contributed by atoms with E-state index in [-0.39, 0.29) is 12.2 Å². The van der Waals surface area contributed by atoms with E-state index in [1.54, 1.807) is 5.51 Å². The second-order valence-electron chi connectivity index (χ2n) is 3.48. The summed E-state index contributed by atoms with van der Waals surface area (Å²) in [4.78, 5) is 18.4. The molecule has 0 unspecified atom stereocenters. The lowest BCUT2D eigenvalue weighted by Crippen LogP contribution is -2.24. The number of nitrogens with zero attached hydrogens (tertiary/aromatic N) is 4. The molecule has 0 spiro atoms. The van der Waals surface area contributed by atoms with Gasteiger partial charge in [0.1, 0.15) is 5.51 Å². The van der Waals surface area contributed by atoms with E-state index >= 15 is 0 Å². The van der Waals surface area contributed by atoms with Crippen LogP contribution in [0.4, 0.5) is 0 Å². The predicted molar refractivity (Wildman–Crippen MR) is 60.6 cm³/mol. The van der Waals surface area contributed by atoms with E-state index in [0.29, 0.717) is 23.7 Å². The van der Waals surface area contributed by atoms with Crippen molar-refractivity contribution in [1.29, 1.82) is 0 Å². The fourth-order valence-corrected chi connectivity index (χ4v) is 2.05. The fourth-order valence-electron chi connectivity index (χ4n) is 1.41. The van der Waals surface area contributed by atoms with Gasteiger partial charge in [0.05, 0.1) is 12.3 Å². The van der Waals surface area contributed by atoms with Crippen LogP contribution in [0, 0.1) is 0 Å². The van der Waals surface area contributed by atoms with Gasteiger partial charge in [-0.15, -0.1) is 0 Å². The first-order valence-corrected chi connectivity index (χ1v) is 5.70. The average Bonchev–Trinajstić information content (AvgIpc) is 2.66. The van der Waals surface area contributed by atoms with Gasteiger partial charge in [-0.05, 0) is 7.05 Å². The number of rotatable bonds is 4. The summed E-state index contributed by atoms with van der Waals surface area (Å²) in [6.45, 7) is 1.20. The van der Waals surface area contributed by atoms with Gasteiger partial charge < -0.3 is 5.11 Å². The standard InChI is InChI=1S/C9H12N4O2S/c1-12(2-3-14)5-7-4-8(15)13-9(11-7)16-6-10-13/h4,6,14H,2-3,5H2,1H3. The van der Waals surface area contributed by atoms with Crippen LogP contribution >= 0.6 is 11.3 Å². The molecule has 0 aromatic carbocycles. The van der Waals surface area contributed by atoms with Crippen molar-refractivity contribution in [1.82, 2.24) is 19.5 Å². The first-order valence-electron chi connectivity index (χ1n) is 4.82. The molecule has 16 heavy (non-hydrogen) atoms. The Morgan fingerprint density at radius 1 is 1.62 bits per heavy atom. The highest BCUT2D eigenvalue weighted by molar-refractivity contribution is 7.14. The lowest BCUT2D eigenvalue weighted by Gasteiger charge is -2.13. The summed E-state index contributed by atoms with van der Waals surface area (Å²) in [5.74, 6) is 0. The summed E-state index contributed by atoms with van der Waals surface area (Å²) in [6.07, 6.45) is 0. The van der Waals surface area contributed by atoms with Gasteiger partial charge in [0, 0.05) is 19.2 Å². The quantitative estimate of drug-likeness (QED) is 0.785. The normalized spacial score (nSPS) is 11.4. The molecule has 86 valence electrons. The number of fused-ring (bicyclic) bond motifs is 1. The van der Waals surface area contributed by atoms with Gasteiger partial charge in [0.2, 0.25) is 4.96 Å². The molecular weight excluding hydrogens is 228 g/mol. The monoisotopic (exact) mass is 240 g/mol. The molecule has 2 heterocycles. The number of hydrogen-bond acceptors (Lipinski definition) is 6. The van der Waals surface area contributed by atoms with Crippen molar-refractivity contribution in [2.24, 2.45) is 0 Å². The van der Waals surface area contributed by atoms with Gasteiger partial charge >= 0.3 is 0 Å². The van der Waals surface area contributed by atoms with Crippen molar-refractivity contribution < 1.29 is 5.11 Å². The van der Waals surface area contributed by atoms with Gasteiger partial charge in [0.25, 0.3) is 5.56 Å². The molecule has 0 aliphatic heterocycles. The Balaban J connectivity index is 2.28. The third-order valence-corrected chi connectivity index (χ3v) is 2.83. The van der Waals surface area contributed by atoms with Gasteiger partial charge in [0.15, 0.2) is 0 Å². The minimum Gasteiger partial charge on any atom is -0.395 e. The third kappa shape index (κ3) is 2.26. The highest BCUT2D eigenvalue weighted by atomic mass is 32.1. The zero-order valence-corrected chi connectivity index (χ0v) is 9.65. The van der Waals surface area contributed by atoms with E-state index in [1.165, 1.54) is 21.9 Å².